The van der Waals surface area contributed by atoms with Crippen LogP contribution in [-0.4, -0.2) is 4.98 Å². The fourth-order valence-electron chi connectivity index (χ4n) is 1.75. The van der Waals surface area contributed by atoms with Gasteiger partial charge in [-0.15, -0.1) is 0 Å². The summed E-state index contributed by atoms with van der Waals surface area (Å²) in [4.78, 5) is 4.14. The summed E-state index contributed by atoms with van der Waals surface area (Å²) in [5.74, 6) is 1.02. The van der Waals surface area contributed by atoms with E-state index in [0.29, 0.717) is 23.0 Å². The standard InChI is InChI=1S/C15H16N4/c1-10(2)11-3-5-14(6-4-11)19-15-12(8-16)7-13(17)9-18-15/h3-7,9-10H,17H2,1-2H3,(H,18,19). The summed E-state index contributed by atoms with van der Waals surface area (Å²) >= 11 is 0. The van der Waals surface area contributed by atoms with Gasteiger partial charge in [-0.1, -0.05) is 26.0 Å². The number of hydrogen-bond donors (Lipinski definition) is 2. The molecule has 19 heavy (non-hydrogen) atoms. The molecule has 0 spiro atoms. The lowest BCUT2D eigenvalue weighted by molar-refractivity contribution is 0.867. The smallest absolute Gasteiger partial charge is 0.148 e. The van der Waals surface area contributed by atoms with Gasteiger partial charge in [0.05, 0.1) is 17.4 Å². The maximum absolute atomic E-state index is 9.05. The number of hydrogen-bond acceptors (Lipinski definition) is 4. The number of pyridine rings is 1. The van der Waals surface area contributed by atoms with Crippen LogP contribution in [0.25, 0.3) is 0 Å². The molecule has 0 fully saturated rings. The highest BCUT2D eigenvalue weighted by molar-refractivity contribution is 5.65. The molecule has 0 aliphatic heterocycles. The largest absolute Gasteiger partial charge is 0.397 e. The minimum absolute atomic E-state index is 0.438. The quantitative estimate of drug-likeness (QED) is 0.877. The summed E-state index contributed by atoms with van der Waals surface area (Å²) in [5.41, 5.74) is 8.71. The fourth-order valence-corrected chi connectivity index (χ4v) is 1.75. The maximum atomic E-state index is 9.05. The molecular weight excluding hydrogens is 236 g/mol. The summed E-state index contributed by atoms with van der Waals surface area (Å²) in [7, 11) is 0. The van der Waals surface area contributed by atoms with E-state index >= 15 is 0 Å². The van der Waals surface area contributed by atoms with Gasteiger partial charge in [0.15, 0.2) is 0 Å². The van der Waals surface area contributed by atoms with Gasteiger partial charge in [-0.3, -0.25) is 0 Å². The van der Waals surface area contributed by atoms with E-state index in [1.807, 2.05) is 12.1 Å². The van der Waals surface area contributed by atoms with Crippen LogP contribution < -0.4 is 11.1 Å². The van der Waals surface area contributed by atoms with E-state index in [-0.39, 0.29) is 0 Å². The van der Waals surface area contributed by atoms with E-state index in [1.165, 1.54) is 11.8 Å². The van der Waals surface area contributed by atoms with Crippen LogP contribution in [0.2, 0.25) is 0 Å². The average molecular weight is 252 g/mol. The Morgan fingerprint density at radius 3 is 2.53 bits per heavy atom. The van der Waals surface area contributed by atoms with Crippen LogP contribution in [0.3, 0.4) is 0 Å². The van der Waals surface area contributed by atoms with Crippen molar-refractivity contribution in [1.82, 2.24) is 4.98 Å². The number of benzene rings is 1. The third kappa shape index (κ3) is 3.02. The van der Waals surface area contributed by atoms with E-state index in [9.17, 15) is 0 Å². The molecule has 1 aromatic heterocycles. The second kappa shape index (κ2) is 5.40. The first-order valence-corrected chi connectivity index (χ1v) is 6.12. The maximum Gasteiger partial charge on any atom is 0.148 e. The van der Waals surface area contributed by atoms with Crippen LogP contribution in [0.15, 0.2) is 36.5 Å². The molecule has 0 unspecified atom stereocenters. The molecule has 0 saturated carbocycles. The molecule has 0 amide bonds. The topological polar surface area (TPSA) is 74.7 Å². The van der Waals surface area contributed by atoms with Crippen molar-refractivity contribution in [3.63, 3.8) is 0 Å². The molecule has 3 N–H and O–H groups in total. The van der Waals surface area contributed by atoms with Crippen molar-refractivity contribution >= 4 is 17.2 Å². The van der Waals surface area contributed by atoms with Crippen molar-refractivity contribution in [2.75, 3.05) is 11.1 Å². The molecule has 0 radical (unpaired) electrons. The van der Waals surface area contributed by atoms with Crippen LogP contribution in [0.5, 0.6) is 0 Å². The summed E-state index contributed by atoms with van der Waals surface area (Å²) in [6.45, 7) is 4.30. The lowest BCUT2D eigenvalue weighted by Gasteiger charge is -2.10. The van der Waals surface area contributed by atoms with Crippen molar-refractivity contribution in [2.24, 2.45) is 0 Å². The van der Waals surface area contributed by atoms with Crippen molar-refractivity contribution in [3.8, 4) is 6.07 Å². The Labute approximate surface area is 112 Å². The van der Waals surface area contributed by atoms with E-state index in [0.717, 1.165) is 5.69 Å². The van der Waals surface area contributed by atoms with Gasteiger partial charge in [0.1, 0.15) is 11.9 Å². The van der Waals surface area contributed by atoms with E-state index < -0.39 is 0 Å². The Kier molecular flexibility index (Phi) is 3.67. The van der Waals surface area contributed by atoms with Crippen LogP contribution in [0.4, 0.5) is 17.2 Å². The highest BCUT2D eigenvalue weighted by Crippen LogP contribution is 2.22. The van der Waals surface area contributed by atoms with E-state index in [1.54, 1.807) is 6.07 Å². The van der Waals surface area contributed by atoms with Crippen molar-refractivity contribution < 1.29 is 0 Å². The number of nitrogens with two attached hydrogens (primary N) is 1. The zero-order valence-corrected chi connectivity index (χ0v) is 11.0. The Morgan fingerprint density at radius 2 is 1.95 bits per heavy atom. The van der Waals surface area contributed by atoms with Gasteiger partial charge in [0.2, 0.25) is 0 Å². The first kappa shape index (κ1) is 12.9. The number of nitriles is 1. The van der Waals surface area contributed by atoms with E-state index in [4.69, 9.17) is 11.0 Å². The zero-order chi connectivity index (χ0) is 13.8. The highest BCUT2D eigenvalue weighted by atomic mass is 15.0. The van der Waals surface area contributed by atoms with Gasteiger partial charge in [0.25, 0.3) is 0 Å². The molecule has 0 bridgehead atoms. The first-order valence-electron chi connectivity index (χ1n) is 6.12. The molecule has 1 heterocycles. The Balaban J connectivity index is 2.24. The summed E-state index contributed by atoms with van der Waals surface area (Å²) < 4.78 is 0. The Morgan fingerprint density at radius 1 is 1.26 bits per heavy atom. The molecule has 0 atom stereocenters. The third-order valence-corrected chi connectivity index (χ3v) is 2.87. The van der Waals surface area contributed by atoms with Gasteiger partial charge >= 0.3 is 0 Å². The van der Waals surface area contributed by atoms with Gasteiger partial charge < -0.3 is 11.1 Å². The molecule has 96 valence electrons. The molecule has 4 heteroatoms. The molecule has 0 aliphatic rings. The molecule has 2 aromatic rings. The average Bonchev–Trinajstić information content (AvgIpc) is 2.41. The number of rotatable bonds is 3. The summed E-state index contributed by atoms with van der Waals surface area (Å²) in [6, 6.07) is 11.8. The Bertz CT molecular complexity index is 609. The van der Waals surface area contributed by atoms with Gasteiger partial charge in [-0.05, 0) is 29.7 Å². The minimum Gasteiger partial charge on any atom is -0.397 e. The molecule has 4 nitrogen and oxygen atoms in total. The summed E-state index contributed by atoms with van der Waals surface area (Å²) in [5, 5.41) is 12.2. The summed E-state index contributed by atoms with van der Waals surface area (Å²) in [6.07, 6.45) is 1.53. The van der Waals surface area contributed by atoms with E-state index in [2.05, 4.69) is 42.4 Å². The second-order valence-electron chi connectivity index (χ2n) is 4.68. The monoisotopic (exact) mass is 252 g/mol. The predicted octanol–water partition coefficient (Wildman–Crippen LogP) is 3.40. The van der Waals surface area contributed by atoms with Gasteiger partial charge in [0, 0.05) is 5.69 Å². The van der Waals surface area contributed by atoms with Crippen LogP contribution in [0.1, 0.15) is 30.9 Å². The number of nitrogen functional groups attached to an aromatic ring is 1. The SMILES string of the molecule is CC(C)c1ccc(Nc2ncc(N)cc2C#N)cc1. The second-order valence-corrected chi connectivity index (χ2v) is 4.68. The first-order chi connectivity index (χ1) is 9.10. The predicted molar refractivity (Wildman–Crippen MR) is 77.2 cm³/mol. The lowest BCUT2D eigenvalue weighted by Crippen LogP contribution is -1.99. The fraction of sp³-hybridized carbons (Fsp3) is 0.200. The normalized spacial score (nSPS) is 10.2. The molecule has 1 aromatic carbocycles. The van der Waals surface area contributed by atoms with Crippen LogP contribution in [-0.2, 0) is 0 Å². The Hall–Kier alpha value is -2.54. The molecule has 0 saturated heterocycles. The minimum atomic E-state index is 0.438. The van der Waals surface area contributed by atoms with Gasteiger partial charge in [-0.25, -0.2) is 4.98 Å². The van der Waals surface area contributed by atoms with Crippen molar-refractivity contribution in [2.45, 2.75) is 19.8 Å². The number of aromatic nitrogens is 1. The van der Waals surface area contributed by atoms with Gasteiger partial charge in [-0.2, -0.15) is 5.26 Å². The third-order valence-electron chi connectivity index (χ3n) is 2.87. The zero-order valence-electron chi connectivity index (χ0n) is 11.0. The van der Waals surface area contributed by atoms with Crippen LogP contribution >= 0.6 is 0 Å². The highest BCUT2D eigenvalue weighted by Gasteiger charge is 2.05. The molecular formula is C15H16N4. The number of anilines is 3. The van der Waals surface area contributed by atoms with Crippen LogP contribution in [0, 0.1) is 11.3 Å². The number of nitrogens with zero attached hydrogens (tertiary/aromatic N) is 2. The van der Waals surface area contributed by atoms with Crippen molar-refractivity contribution in [1.29, 1.82) is 5.26 Å². The lowest BCUT2D eigenvalue weighted by atomic mass is 10.0. The van der Waals surface area contributed by atoms with Crippen molar-refractivity contribution in [3.05, 3.63) is 47.7 Å². The molecule has 0 aliphatic carbocycles. The molecule has 2 rings (SSSR count). The number of nitrogens with one attached hydrogen (secondary N) is 1.